The number of amides is 1. The first-order chi connectivity index (χ1) is 6.98. The first-order valence-corrected chi connectivity index (χ1v) is 5.21. The Labute approximate surface area is 92.8 Å². The fraction of sp³-hybridized carbons (Fsp3) is 0.500. The molecule has 1 aliphatic rings. The Morgan fingerprint density at radius 2 is 2.47 bits per heavy atom. The lowest BCUT2D eigenvalue weighted by molar-refractivity contribution is 0.0569. The van der Waals surface area contributed by atoms with E-state index in [2.05, 4.69) is 4.98 Å². The van der Waals surface area contributed by atoms with Gasteiger partial charge in [-0.15, -0.1) is 0 Å². The second-order valence-corrected chi connectivity index (χ2v) is 4.64. The van der Waals surface area contributed by atoms with Crippen LogP contribution in [0.25, 0.3) is 0 Å². The zero-order valence-electron chi connectivity index (χ0n) is 8.46. The summed E-state index contributed by atoms with van der Waals surface area (Å²) in [5, 5.41) is 10.3. The van der Waals surface area contributed by atoms with Gasteiger partial charge >= 0.3 is 0 Å². The molecule has 1 fully saturated rings. The van der Waals surface area contributed by atoms with E-state index in [9.17, 15) is 9.90 Å². The van der Waals surface area contributed by atoms with Gasteiger partial charge in [0, 0.05) is 19.3 Å². The molecule has 82 valence electrons. The average Bonchev–Trinajstić information content (AvgIpc) is 2.71. The molecule has 1 amide bonds. The van der Waals surface area contributed by atoms with Crippen LogP contribution in [0.3, 0.4) is 0 Å². The summed E-state index contributed by atoms with van der Waals surface area (Å²) in [7, 11) is 0. The number of carbonyl (C=O) groups excluding carboxylic acids is 1. The summed E-state index contributed by atoms with van der Waals surface area (Å²) in [6.45, 7) is 2.70. The van der Waals surface area contributed by atoms with Crippen molar-refractivity contribution in [2.24, 2.45) is 0 Å². The van der Waals surface area contributed by atoms with Gasteiger partial charge in [-0.25, -0.2) is 0 Å². The Kier molecular flexibility index (Phi) is 2.48. The van der Waals surface area contributed by atoms with Crippen molar-refractivity contribution in [2.45, 2.75) is 18.9 Å². The van der Waals surface area contributed by atoms with Crippen LogP contribution in [0, 0.1) is 0 Å². The van der Waals surface area contributed by atoms with Crippen molar-refractivity contribution in [2.75, 3.05) is 13.1 Å². The van der Waals surface area contributed by atoms with Crippen LogP contribution in [-0.2, 0) is 0 Å². The molecule has 15 heavy (non-hydrogen) atoms. The third-order valence-corrected chi connectivity index (χ3v) is 2.84. The summed E-state index contributed by atoms with van der Waals surface area (Å²) >= 11 is 5.72. The lowest BCUT2D eigenvalue weighted by Crippen LogP contribution is -2.34. The highest BCUT2D eigenvalue weighted by Gasteiger charge is 2.34. The van der Waals surface area contributed by atoms with E-state index in [0.29, 0.717) is 30.2 Å². The third kappa shape index (κ3) is 2.16. The SMILES string of the molecule is CC1(O)CCN(C(=O)c2cc(Cl)c[nH]2)C1. The molecule has 4 nitrogen and oxygen atoms in total. The van der Waals surface area contributed by atoms with Crippen LogP contribution in [0.4, 0.5) is 0 Å². The van der Waals surface area contributed by atoms with Gasteiger partial charge in [0.25, 0.3) is 5.91 Å². The van der Waals surface area contributed by atoms with E-state index in [0.717, 1.165) is 0 Å². The summed E-state index contributed by atoms with van der Waals surface area (Å²) in [5.41, 5.74) is -0.288. The predicted molar refractivity (Wildman–Crippen MR) is 56.9 cm³/mol. The number of hydrogen-bond donors (Lipinski definition) is 2. The van der Waals surface area contributed by atoms with Gasteiger partial charge in [0.2, 0.25) is 0 Å². The smallest absolute Gasteiger partial charge is 0.270 e. The fourth-order valence-corrected chi connectivity index (χ4v) is 1.94. The standard InChI is InChI=1S/C10H13ClN2O2/c1-10(15)2-3-13(6-10)9(14)8-4-7(11)5-12-8/h4-5,12,15H,2-3,6H2,1H3. The molecule has 2 rings (SSSR count). The first-order valence-electron chi connectivity index (χ1n) is 4.83. The molecule has 1 aromatic heterocycles. The molecule has 0 aromatic carbocycles. The molecule has 0 aliphatic carbocycles. The van der Waals surface area contributed by atoms with E-state index < -0.39 is 5.60 Å². The number of aromatic amines is 1. The molecule has 0 spiro atoms. The lowest BCUT2D eigenvalue weighted by atomic mass is 10.1. The Hall–Kier alpha value is -1.00. The summed E-state index contributed by atoms with van der Waals surface area (Å²) < 4.78 is 0. The van der Waals surface area contributed by atoms with Crippen LogP contribution in [0.5, 0.6) is 0 Å². The largest absolute Gasteiger partial charge is 0.388 e. The number of likely N-dealkylation sites (tertiary alicyclic amines) is 1. The highest BCUT2D eigenvalue weighted by atomic mass is 35.5. The zero-order valence-corrected chi connectivity index (χ0v) is 9.21. The molecule has 0 radical (unpaired) electrons. The van der Waals surface area contributed by atoms with Gasteiger partial charge in [-0.3, -0.25) is 4.79 Å². The second kappa shape index (κ2) is 3.54. The normalized spacial score (nSPS) is 25.9. The summed E-state index contributed by atoms with van der Waals surface area (Å²) in [6, 6.07) is 1.59. The quantitative estimate of drug-likeness (QED) is 0.761. The zero-order chi connectivity index (χ0) is 11.1. The number of aliphatic hydroxyl groups is 1. The lowest BCUT2D eigenvalue weighted by Gasteiger charge is -2.18. The van der Waals surface area contributed by atoms with Gasteiger partial charge in [0.15, 0.2) is 0 Å². The van der Waals surface area contributed by atoms with Gasteiger partial charge in [0.05, 0.1) is 10.6 Å². The summed E-state index contributed by atoms with van der Waals surface area (Å²) in [5.74, 6) is -0.111. The van der Waals surface area contributed by atoms with Crippen molar-refractivity contribution in [3.8, 4) is 0 Å². The first kappa shape index (κ1) is 10.5. The molecule has 1 saturated heterocycles. The van der Waals surface area contributed by atoms with Crippen molar-refractivity contribution >= 4 is 17.5 Å². The molecule has 2 heterocycles. The van der Waals surface area contributed by atoms with Crippen molar-refractivity contribution < 1.29 is 9.90 Å². The maximum atomic E-state index is 11.9. The number of aromatic nitrogens is 1. The molecule has 2 N–H and O–H groups in total. The molecular formula is C10H13ClN2O2. The van der Waals surface area contributed by atoms with Crippen LogP contribution >= 0.6 is 11.6 Å². The minimum atomic E-state index is -0.758. The summed E-state index contributed by atoms with van der Waals surface area (Å²) in [4.78, 5) is 16.3. The monoisotopic (exact) mass is 228 g/mol. The minimum Gasteiger partial charge on any atom is -0.388 e. The maximum absolute atomic E-state index is 11.9. The molecule has 0 saturated carbocycles. The van der Waals surface area contributed by atoms with Crippen molar-refractivity contribution in [1.29, 1.82) is 0 Å². The van der Waals surface area contributed by atoms with Gasteiger partial charge in [-0.2, -0.15) is 0 Å². The van der Waals surface area contributed by atoms with Crippen LogP contribution in [-0.4, -0.2) is 39.6 Å². The molecule has 1 aromatic rings. The topological polar surface area (TPSA) is 56.3 Å². The Bertz CT molecular complexity index is 387. The molecule has 1 atom stereocenters. The van der Waals surface area contributed by atoms with E-state index in [4.69, 9.17) is 11.6 Å². The number of carbonyl (C=O) groups is 1. The number of nitrogens with one attached hydrogen (secondary N) is 1. The number of H-pyrrole nitrogens is 1. The van der Waals surface area contributed by atoms with Crippen LogP contribution < -0.4 is 0 Å². The highest BCUT2D eigenvalue weighted by molar-refractivity contribution is 6.30. The van der Waals surface area contributed by atoms with Crippen molar-refractivity contribution in [3.63, 3.8) is 0 Å². The minimum absolute atomic E-state index is 0.111. The van der Waals surface area contributed by atoms with Crippen LogP contribution in [0.15, 0.2) is 12.3 Å². The van der Waals surface area contributed by atoms with E-state index in [1.807, 2.05) is 0 Å². The number of rotatable bonds is 1. The summed E-state index contributed by atoms with van der Waals surface area (Å²) in [6.07, 6.45) is 2.19. The number of β-amino-alcohol motifs (C(OH)–C–C–N with tert-alkyl or cyclic N) is 1. The molecule has 1 aliphatic heterocycles. The second-order valence-electron chi connectivity index (χ2n) is 4.21. The molecule has 5 heteroatoms. The Balaban J connectivity index is 2.10. The van der Waals surface area contributed by atoms with Crippen molar-refractivity contribution in [1.82, 2.24) is 9.88 Å². The Morgan fingerprint density at radius 1 is 1.73 bits per heavy atom. The van der Waals surface area contributed by atoms with E-state index in [1.165, 1.54) is 0 Å². The molecular weight excluding hydrogens is 216 g/mol. The number of hydrogen-bond acceptors (Lipinski definition) is 2. The average molecular weight is 229 g/mol. The molecule has 0 bridgehead atoms. The van der Waals surface area contributed by atoms with Gasteiger partial charge in [0.1, 0.15) is 5.69 Å². The van der Waals surface area contributed by atoms with Crippen molar-refractivity contribution in [3.05, 3.63) is 23.0 Å². The number of nitrogens with zero attached hydrogens (tertiary/aromatic N) is 1. The van der Waals surface area contributed by atoms with E-state index in [1.54, 1.807) is 24.1 Å². The number of halogens is 1. The fourth-order valence-electron chi connectivity index (χ4n) is 1.78. The van der Waals surface area contributed by atoms with Crippen LogP contribution in [0.2, 0.25) is 5.02 Å². The van der Waals surface area contributed by atoms with E-state index in [-0.39, 0.29) is 5.91 Å². The predicted octanol–water partition coefficient (Wildman–Crippen LogP) is 1.27. The van der Waals surface area contributed by atoms with Gasteiger partial charge in [-0.05, 0) is 19.4 Å². The van der Waals surface area contributed by atoms with Gasteiger partial charge < -0.3 is 15.0 Å². The molecule has 1 unspecified atom stereocenters. The van der Waals surface area contributed by atoms with Gasteiger partial charge in [-0.1, -0.05) is 11.6 Å². The maximum Gasteiger partial charge on any atom is 0.270 e. The van der Waals surface area contributed by atoms with E-state index >= 15 is 0 Å². The Morgan fingerprint density at radius 3 is 2.93 bits per heavy atom. The highest BCUT2D eigenvalue weighted by Crippen LogP contribution is 2.22. The third-order valence-electron chi connectivity index (χ3n) is 2.62. The van der Waals surface area contributed by atoms with Crippen LogP contribution in [0.1, 0.15) is 23.8 Å².